The molecule has 4 atom stereocenters. The molecule has 0 radical (unpaired) electrons. The molecule has 1 aliphatic carbocycles. The number of nitrogens with zero attached hydrogens (tertiary/aromatic N) is 1. The first-order chi connectivity index (χ1) is 19.1. The minimum atomic E-state index is 0.245. The van der Waals surface area contributed by atoms with Crippen molar-refractivity contribution in [3.63, 3.8) is 0 Å². The van der Waals surface area contributed by atoms with Crippen LogP contribution in [0, 0.1) is 17.8 Å². The van der Waals surface area contributed by atoms with Crippen molar-refractivity contribution >= 4 is 47.1 Å². The van der Waals surface area contributed by atoms with Gasteiger partial charge in [0.2, 0.25) is 0 Å². The number of anilines is 1. The van der Waals surface area contributed by atoms with E-state index in [0.29, 0.717) is 34.5 Å². The Kier molecular flexibility index (Phi) is 10.3. The molecule has 2 aromatic rings. The molecular formula is C33H42ClNO2S2. The van der Waals surface area contributed by atoms with E-state index in [0.717, 1.165) is 55.1 Å². The van der Waals surface area contributed by atoms with Gasteiger partial charge in [0.05, 0.1) is 16.9 Å². The summed E-state index contributed by atoms with van der Waals surface area (Å²) in [6.45, 7) is 7.00. The van der Waals surface area contributed by atoms with Crippen LogP contribution in [0.2, 0.25) is 5.02 Å². The van der Waals surface area contributed by atoms with Gasteiger partial charge in [-0.1, -0.05) is 50.1 Å². The second-order valence-corrected chi connectivity index (χ2v) is 14.5. The summed E-state index contributed by atoms with van der Waals surface area (Å²) in [6.07, 6.45) is 13.0. The fourth-order valence-corrected chi connectivity index (χ4v) is 9.93. The zero-order chi connectivity index (χ0) is 27.2. The number of halogens is 1. The van der Waals surface area contributed by atoms with E-state index in [-0.39, 0.29) is 5.92 Å². The normalized spacial score (nSPS) is 24.5. The lowest BCUT2D eigenvalue weighted by atomic mass is 9.67. The van der Waals surface area contributed by atoms with Gasteiger partial charge in [-0.2, -0.15) is 0 Å². The molecule has 3 nitrogen and oxygen atoms in total. The van der Waals surface area contributed by atoms with Gasteiger partial charge >= 0.3 is 0 Å². The third-order valence-electron chi connectivity index (χ3n) is 8.59. The molecule has 210 valence electrons. The van der Waals surface area contributed by atoms with Crippen LogP contribution in [0.1, 0.15) is 73.4 Å². The van der Waals surface area contributed by atoms with Crippen LogP contribution >= 0.6 is 35.1 Å². The average molecular weight is 584 g/mol. The summed E-state index contributed by atoms with van der Waals surface area (Å²) < 4.78 is 7.13. The van der Waals surface area contributed by atoms with Crippen molar-refractivity contribution in [2.75, 3.05) is 36.1 Å². The summed E-state index contributed by atoms with van der Waals surface area (Å²) in [5.41, 5.74) is 4.46. The van der Waals surface area contributed by atoms with Gasteiger partial charge in [0.1, 0.15) is 12.0 Å². The fourth-order valence-electron chi connectivity index (χ4n) is 6.47. The standard InChI is InChI=1S/C33H42ClNO2S2/c1-3-5-8-30(33-38-15-6-16-39-33)29-12-10-25(29)19-35-20-26(28-13-11-27(34)18-24(28)7-4-2)22-37-32-14-9-23(21-36)17-31(32)35/h5,8-9,11,13-14,17-18,21,25-26,29-30,33H,3-4,6-7,10,12,15-16,19-20,22H2,1-2H3/b8-5+. The largest absolute Gasteiger partial charge is 0.491 e. The maximum atomic E-state index is 11.7. The number of aldehydes is 1. The number of allylic oxidation sites excluding steroid dienone is 2. The Morgan fingerprint density at radius 3 is 2.69 bits per heavy atom. The van der Waals surface area contributed by atoms with Crippen LogP contribution in [0.5, 0.6) is 5.75 Å². The lowest BCUT2D eigenvalue weighted by molar-refractivity contribution is 0.112. The number of carbonyl (C=O) groups excluding carboxylic acids is 1. The number of aryl methyl sites for hydroxylation is 1. The van der Waals surface area contributed by atoms with Gasteiger partial charge in [-0.05, 0) is 96.9 Å². The first kappa shape index (κ1) is 29.0. The summed E-state index contributed by atoms with van der Waals surface area (Å²) in [5, 5.41) is 0.800. The SMILES string of the molecule is CC/C=C/C(C1SCCCS1)C1CCC1CN1CC(c2ccc(Cl)cc2CCC)COc2ccc(C=O)cc21. The molecular weight excluding hydrogens is 542 g/mol. The highest BCUT2D eigenvalue weighted by Gasteiger charge is 2.41. The van der Waals surface area contributed by atoms with E-state index in [9.17, 15) is 4.79 Å². The Morgan fingerprint density at radius 2 is 1.97 bits per heavy atom. The van der Waals surface area contributed by atoms with E-state index in [1.165, 1.54) is 41.9 Å². The van der Waals surface area contributed by atoms with Gasteiger partial charge < -0.3 is 9.64 Å². The van der Waals surface area contributed by atoms with E-state index in [4.69, 9.17) is 16.3 Å². The number of thioether (sulfide) groups is 2. The highest BCUT2D eigenvalue weighted by atomic mass is 35.5. The van der Waals surface area contributed by atoms with Gasteiger partial charge in [-0.3, -0.25) is 4.79 Å². The Hall–Kier alpha value is -1.56. The molecule has 1 saturated carbocycles. The van der Waals surface area contributed by atoms with E-state index in [2.05, 4.69) is 66.6 Å². The summed E-state index contributed by atoms with van der Waals surface area (Å²) >= 11 is 10.8. The van der Waals surface area contributed by atoms with Crippen LogP contribution < -0.4 is 9.64 Å². The zero-order valence-electron chi connectivity index (χ0n) is 23.3. The molecule has 4 unspecified atom stereocenters. The Labute approximate surface area is 248 Å². The molecule has 2 aliphatic heterocycles. The van der Waals surface area contributed by atoms with Crippen LogP contribution in [-0.2, 0) is 6.42 Å². The van der Waals surface area contributed by atoms with E-state index in [1.807, 2.05) is 24.3 Å². The highest BCUT2D eigenvalue weighted by Crippen LogP contribution is 2.49. The average Bonchev–Trinajstić information content (AvgIpc) is 3.13. The minimum Gasteiger partial charge on any atom is -0.491 e. The molecule has 0 bridgehead atoms. The smallest absolute Gasteiger partial charge is 0.150 e. The molecule has 0 amide bonds. The molecule has 0 spiro atoms. The fraction of sp³-hybridized carbons (Fsp3) is 0.545. The molecule has 5 rings (SSSR count). The maximum absolute atomic E-state index is 11.7. The van der Waals surface area contributed by atoms with Crippen molar-refractivity contribution in [1.82, 2.24) is 0 Å². The Balaban J connectivity index is 1.43. The quantitative estimate of drug-likeness (QED) is 0.206. The number of fused-ring (bicyclic) bond motifs is 1. The maximum Gasteiger partial charge on any atom is 0.150 e. The number of rotatable bonds is 10. The Bertz CT molecular complexity index is 1150. The predicted octanol–water partition coefficient (Wildman–Crippen LogP) is 8.89. The molecule has 39 heavy (non-hydrogen) atoms. The number of hydrogen-bond donors (Lipinski definition) is 0. The number of benzene rings is 2. The van der Waals surface area contributed by atoms with Crippen molar-refractivity contribution < 1.29 is 9.53 Å². The zero-order valence-corrected chi connectivity index (χ0v) is 25.7. The summed E-state index contributed by atoms with van der Waals surface area (Å²) in [7, 11) is 0. The van der Waals surface area contributed by atoms with Crippen molar-refractivity contribution in [3.05, 3.63) is 70.3 Å². The molecule has 2 heterocycles. The number of hydrogen-bond acceptors (Lipinski definition) is 5. The molecule has 2 fully saturated rings. The molecule has 0 aromatic heterocycles. The molecule has 6 heteroatoms. The number of carbonyl (C=O) groups is 1. The predicted molar refractivity (Wildman–Crippen MR) is 170 cm³/mol. The van der Waals surface area contributed by atoms with E-state index < -0.39 is 0 Å². The second-order valence-electron chi connectivity index (χ2n) is 11.2. The summed E-state index contributed by atoms with van der Waals surface area (Å²) in [4.78, 5) is 14.3. The molecule has 0 N–H and O–H groups in total. The lowest BCUT2D eigenvalue weighted by Crippen LogP contribution is -2.44. The third-order valence-corrected chi connectivity index (χ3v) is 12.0. The Morgan fingerprint density at radius 1 is 1.13 bits per heavy atom. The van der Waals surface area contributed by atoms with Crippen molar-refractivity contribution in [1.29, 1.82) is 0 Å². The van der Waals surface area contributed by atoms with Crippen LogP contribution in [0.4, 0.5) is 5.69 Å². The van der Waals surface area contributed by atoms with Crippen LogP contribution in [-0.4, -0.2) is 42.1 Å². The van der Waals surface area contributed by atoms with Crippen LogP contribution in [0.15, 0.2) is 48.6 Å². The first-order valence-corrected chi connectivity index (χ1v) is 17.2. The molecule has 3 aliphatic rings. The summed E-state index contributed by atoms with van der Waals surface area (Å²) in [5.74, 6) is 5.71. The van der Waals surface area contributed by atoms with Crippen molar-refractivity contribution in [2.24, 2.45) is 17.8 Å². The number of ether oxygens (including phenoxy) is 1. The van der Waals surface area contributed by atoms with Crippen molar-refractivity contribution in [2.45, 2.75) is 62.9 Å². The first-order valence-electron chi connectivity index (χ1n) is 14.8. The van der Waals surface area contributed by atoms with Gasteiger partial charge in [0.15, 0.2) is 0 Å². The van der Waals surface area contributed by atoms with Crippen molar-refractivity contribution in [3.8, 4) is 5.75 Å². The summed E-state index contributed by atoms with van der Waals surface area (Å²) in [6, 6.07) is 12.3. The van der Waals surface area contributed by atoms with Gasteiger partial charge in [0.25, 0.3) is 0 Å². The third kappa shape index (κ3) is 6.85. The molecule has 2 aromatic carbocycles. The highest BCUT2D eigenvalue weighted by molar-refractivity contribution is 8.17. The monoisotopic (exact) mass is 583 g/mol. The topological polar surface area (TPSA) is 29.5 Å². The van der Waals surface area contributed by atoms with Crippen LogP contribution in [0.25, 0.3) is 0 Å². The minimum absolute atomic E-state index is 0.245. The van der Waals surface area contributed by atoms with Gasteiger partial charge in [-0.25, -0.2) is 0 Å². The van der Waals surface area contributed by atoms with E-state index >= 15 is 0 Å². The van der Waals surface area contributed by atoms with Crippen LogP contribution in [0.3, 0.4) is 0 Å². The molecule has 1 saturated heterocycles. The van der Waals surface area contributed by atoms with Gasteiger partial charge in [-0.15, -0.1) is 23.5 Å². The van der Waals surface area contributed by atoms with E-state index in [1.54, 1.807) is 0 Å². The lowest BCUT2D eigenvalue weighted by Gasteiger charge is -2.46. The van der Waals surface area contributed by atoms with Gasteiger partial charge in [0, 0.05) is 35.5 Å². The second kappa shape index (κ2) is 13.9.